The van der Waals surface area contributed by atoms with Gasteiger partial charge in [0.15, 0.2) is 0 Å². The van der Waals surface area contributed by atoms with Crippen molar-refractivity contribution in [2.75, 3.05) is 6.61 Å². The normalized spacial score (nSPS) is 19.5. The fraction of sp³-hybridized carbons (Fsp3) is 0.278. The average molecular weight is 291 g/mol. The standard InChI is InChI=1S/C18H17N3O/c1-2-16(21-6-1)8-14-5-7-22-18-4-3-13(9-17(14)18)15-10-19-12-20-11-15/h2-4,6,9-12,14H,1,5,7-8H2. The molecule has 3 heterocycles. The van der Waals surface area contributed by atoms with Crippen LogP contribution in [-0.2, 0) is 0 Å². The quantitative estimate of drug-likeness (QED) is 0.865. The molecule has 0 amide bonds. The van der Waals surface area contributed by atoms with Gasteiger partial charge in [-0.25, -0.2) is 9.97 Å². The maximum absolute atomic E-state index is 5.82. The molecule has 4 nitrogen and oxygen atoms in total. The van der Waals surface area contributed by atoms with Gasteiger partial charge < -0.3 is 4.74 Å². The number of nitrogens with zero attached hydrogens (tertiary/aromatic N) is 3. The third kappa shape index (κ3) is 2.52. The molecule has 1 unspecified atom stereocenters. The Kier molecular flexibility index (Phi) is 3.43. The van der Waals surface area contributed by atoms with E-state index < -0.39 is 0 Å². The second kappa shape index (κ2) is 5.72. The van der Waals surface area contributed by atoms with Crippen molar-refractivity contribution in [1.29, 1.82) is 0 Å². The van der Waals surface area contributed by atoms with Crippen LogP contribution in [0.1, 0.15) is 30.7 Å². The lowest BCUT2D eigenvalue weighted by molar-refractivity contribution is 0.266. The Morgan fingerprint density at radius 3 is 2.86 bits per heavy atom. The maximum atomic E-state index is 5.82. The zero-order chi connectivity index (χ0) is 14.8. The molecule has 0 saturated heterocycles. The van der Waals surface area contributed by atoms with Gasteiger partial charge >= 0.3 is 0 Å². The van der Waals surface area contributed by atoms with Crippen LogP contribution in [0.5, 0.6) is 5.75 Å². The van der Waals surface area contributed by atoms with E-state index in [9.17, 15) is 0 Å². The summed E-state index contributed by atoms with van der Waals surface area (Å²) in [6.45, 7) is 0.780. The van der Waals surface area contributed by atoms with Crippen LogP contribution in [0.25, 0.3) is 11.1 Å². The third-order valence-electron chi connectivity index (χ3n) is 4.24. The van der Waals surface area contributed by atoms with Gasteiger partial charge in [0.05, 0.1) is 6.61 Å². The summed E-state index contributed by atoms with van der Waals surface area (Å²) in [6, 6.07) is 6.36. The second-order valence-electron chi connectivity index (χ2n) is 5.66. The Morgan fingerprint density at radius 2 is 2.05 bits per heavy atom. The predicted octanol–water partition coefficient (Wildman–Crippen LogP) is 3.76. The van der Waals surface area contributed by atoms with E-state index in [1.54, 1.807) is 6.33 Å². The minimum absolute atomic E-state index is 0.467. The molecule has 0 radical (unpaired) electrons. The molecular formula is C18H17N3O. The number of benzene rings is 1. The lowest BCUT2D eigenvalue weighted by atomic mass is 9.87. The van der Waals surface area contributed by atoms with Crippen LogP contribution in [0.2, 0.25) is 0 Å². The number of fused-ring (bicyclic) bond motifs is 1. The fourth-order valence-electron chi connectivity index (χ4n) is 3.11. The van der Waals surface area contributed by atoms with Crippen LogP contribution in [-0.4, -0.2) is 22.8 Å². The molecule has 1 aromatic heterocycles. The molecule has 22 heavy (non-hydrogen) atoms. The van der Waals surface area contributed by atoms with Crippen molar-refractivity contribution >= 4 is 6.21 Å². The first-order chi connectivity index (χ1) is 10.9. The SMILES string of the molecule is C1=NC(CC2CCOc3ccc(-c4cncnc4)cc32)=CC1. The lowest BCUT2D eigenvalue weighted by Gasteiger charge is -2.26. The average Bonchev–Trinajstić information content (AvgIpc) is 3.09. The highest BCUT2D eigenvalue weighted by Gasteiger charge is 2.23. The van der Waals surface area contributed by atoms with Gasteiger partial charge in [0.25, 0.3) is 0 Å². The number of aliphatic imine (C=N–C) groups is 1. The summed E-state index contributed by atoms with van der Waals surface area (Å²) in [4.78, 5) is 12.7. The molecule has 110 valence electrons. The van der Waals surface area contributed by atoms with E-state index in [2.05, 4.69) is 39.2 Å². The minimum Gasteiger partial charge on any atom is -0.493 e. The molecule has 2 aliphatic rings. The number of allylic oxidation sites excluding steroid dienone is 2. The first-order valence-electron chi connectivity index (χ1n) is 7.64. The Morgan fingerprint density at radius 1 is 1.14 bits per heavy atom. The highest BCUT2D eigenvalue weighted by atomic mass is 16.5. The van der Waals surface area contributed by atoms with Crippen LogP contribution >= 0.6 is 0 Å². The highest BCUT2D eigenvalue weighted by Crippen LogP contribution is 2.40. The van der Waals surface area contributed by atoms with E-state index >= 15 is 0 Å². The summed E-state index contributed by atoms with van der Waals surface area (Å²) in [5, 5.41) is 0. The van der Waals surface area contributed by atoms with E-state index in [1.807, 2.05) is 18.6 Å². The summed E-state index contributed by atoms with van der Waals surface area (Å²) in [6.07, 6.45) is 12.4. The number of hydrogen-bond acceptors (Lipinski definition) is 4. The van der Waals surface area contributed by atoms with Gasteiger partial charge in [-0.1, -0.05) is 12.1 Å². The Hall–Kier alpha value is -2.49. The second-order valence-corrected chi connectivity index (χ2v) is 5.66. The zero-order valence-corrected chi connectivity index (χ0v) is 12.3. The molecule has 0 spiro atoms. The molecule has 2 aromatic rings. The Balaban J connectivity index is 1.68. The van der Waals surface area contributed by atoms with Gasteiger partial charge in [0.1, 0.15) is 12.1 Å². The topological polar surface area (TPSA) is 47.4 Å². The summed E-state index contributed by atoms with van der Waals surface area (Å²) in [5.41, 5.74) is 4.65. The molecule has 0 saturated carbocycles. The largest absolute Gasteiger partial charge is 0.493 e. The van der Waals surface area contributed by atoms with Crippen LogP contribution in [0, 0.1) is 0 Å². The number of aromatic nitrogens is 2. The maximum Gasteiger partial charge on any atom is 0.122 e. The molecule has 0 bridgehead atoms. The molecule has 4 rings (SSSR count). The smallest absolute Gasteiger partial charge is 0.122 e. The highest BCUT2D eigenvalue weighted by molar-refractivity contribution is 5.66. The summed E-state index contributed by atoms with van der Waals surface area (Å²) >= 11 is 0. The van der Waals surface area contributed by atoms with Gasteiger partial charge in [-0.3, -0.25) is 4.99 Å². The fourth-order valence-corrected chi connectivity index (χ4v) is 3.11. The molecule has 0 fully saturated rings. The summed E-state index contributed by atoms with van der Waals surface area (Å²) in [5.74, 6) is 1.47. The van der Waals surface area contributed by atoms with Crippen molar-refractivity contribution in [2.24, 2.45) is 4.99 Å². The van der Waals surface area contributed by atoms with E-state index in [4.69, 9.17) is 4.74 Å². The van der Waals surface area contributed by atoms with Crippen molar-refractivity contribution < 1.29 is 4.74 Å². The monoisotopic (exact) mass is 291 g/mol. The first kappa shape index (κ1) is 13.2. The third-order valence-corrected chi connectivity index (χ3v) is 4.24. The van der Waals surface area contributed by atoms with Crippen molar-refractivity contribution in [1.82, 2.24) is 9.97 Å². The van der Waals surface area contributed by atoms with Gasteiger partial charge in [0, 0.05) is 36.3 Å². The molecule has 4 heteroatoms. The van der Waals surface area contributed by atoms with E-state index in [-0.39, 0.29) is 0 Å². The van der Waals surface area contributed by atoms with Gasteiger partial charge in [-0.05, 0) is 42.0 Å². The summed E-state index contributed by atoms with van der Waals surface area (Å²) < 4.78 is 5.82. The van der Waals surface area contributed by atoms with Crippen LogP contribution < -0.4 is 4.74 Å². The van der Waals surface area contributed by atoms with Gasteiger partial charge in [-0.2, -0.15) is 0 Å². The van der Waals surface area contributed by atoms with Crippen LogP contribution in [0.15, 0.2) is 53.7 Å². The van der Waals surface area contributed by atoms with Crippen molar-refractivity contribution in [2.45, 2.75) is 25.2 Å². The van der Waals surface area contributed by atoms with Gasteiger partial charge in [-0.15, -0.1) is 0 Å². The molecule has 1 aromatic carbocycles. The predicted molar refractivity (Wildman–Crippen MR) is 86.1 cm³/mol. The minimum atomic E-state index is 0.467. The molecule has 0 aliphatic carbocycles. The molecule has 0 N–H and O–H groups in total. The Bertz CT molecular complexity index is 737. The molecular weight excluding hydrogens is 274 g/mol. The molecule has 2 aliphatic heterocycles. The van der Waals surface area contributed by atoms with Crippen LogP contribution in [0.4, 0.5) is 0 Å². The lowest BCUT2D eigenvalue weighted by Crippen LogP contribution is -2.14. The van der Waals surface area contributed by atoms with Crippen molar-refractivity contribution in [3.8, 4) is 16.9 Å². The van der Waals surface area contributed by atoms with Crippen molar-refractivity contribution in [3.05, 3.63) is 54.3 Å². The van der Waals surface area contributed by atoms with E-state index in [0.717, 1.165) is 42.7 Å². The van der Waals surface area contributed by atoms with Crippen molar-refractivity contribution in [3.63, 3.8) is 0 Å². The Labute approximate surface area is 129 Å². The van der Waals surface area contributed by atoms with E-state index in [1.165, 1.54) is 11.3 Å². The zero-order valence-electron chi connectivity index (χ0n) is 12.3. The van der Waals surface area contributed by atoms with Crippen LogP contribution in [0.3, 0.4) is 0 Å². The first-order valence-corrected chi connectivity index (χ1v) is 7.64. The summed E-state index contributed by atoms with van der Waals surface area (Å²) in [7, 11) is 0. The van der Waals surface area contributed by atoms with E-state index in [0.29, 0.717) is 5.92 Å². The number of ether oxygens (including phenoxy) is 1. The molecule has 1 atom stereocenters. The number of hydrogen-bond donors (Lipinski definition) is 0. The van der Waals surface area contributed by atoms with Gasteiger partial charge in [0.2, 0.25) is 0 Å². The number of rotatable bonds is 3.